The average molecular weight is 288 g/mol. The molecule has 4 N–H and O–H groups in total. The molecule has 0 saturated carbocycles. The van der Waals surface area contributed by atoms with Crippen molar-refractivity contribution in [2.75, 3.05) is 18.5 Å². The third-order valence-corrected chi connectivity index (χ3v) is 3.58. The Balaban J connectivity index is 1.69. The van der Waals surface area contributed by atoms with Gasteiger partial charge in [-0.15, -0.1) is 10.2 Å². The SMILES string of the molecule is NC1(C(=O)Nc2ccc(-c3nn[nH]n3)cc2)CCOCC1. The molecule has 1 aliphatic heterocycles. The van der Waals surface area contributed by atoms with Gasteiger partial charge in [0.1, 0.15) is 5.54 Å². The molecule has 21 heavy (non-hydrogen) atoms. The number of hydrogen-bond acceptors (Lipinski definition) is 6. The second-order valence-corrected chi connectivity index (χ2v) is 5.04. The summed E-state index contributed by atoms with van der Waals surface area (Å²) >= 11 is 0. The molecule has 110 valence electrons. The standard InChI is InChI=1S/C13H16N6O2/c14-13(5-7-21-8-6-13)12(20)15-10-3-1-9(2-4-10)11-16-18-19-17-11/h1-4H,5-8,14H2,(H,15,20)(H,16,17,18,19). The Hall–Kier alpha value is -2.32. The first-order chi connectivity index (χ1) is 10.2. The molecule has 1 amide bonds. The number of nitrogens with one attached hydrogen (secondary N) is 2. The van der Waals surface area contributed by atoms with Crippen molar-refractivity contribution in [3.63, 3.8) is 0 Å². The molecule has 2 heterocycles. The second kappa shape index (κ2) is 5.58. The van der Waals surface area contributed by atoms with Crippen LogP contribution in [0.25, 0.3) is 11.4 Å². The second-order valence-electron chi connectivity index (χ2n) is 5.04. The first-order valence-electron chi connectivity index (χ1n) is 6.69. The maximum atomic E-state index is 12.3. The number of nitrogens with zero attached hydrogens (tertiary/aromatic N) is 3. The van der Waals surface area contributed by atoms with Crippen LogP contribution in [-0.2, 0) is 9.53 Å². The van der Waals surface area contributed by atoms with Gasteiger partial charge in [0.15, 0.2) is 0 Å². The lowest BCUT2D eigenvalue weighted by molar-refractivity contribution is -0.124. The summed E-state index contributed by atoms with van der Waals surface area (Å²) in [7, 11) is 0. The van der Waals surface area contributed by atoms with Gasteiger partial charge in [0.25, 0.3) is 0 Å². The number of tetrazole rings is 1. The molecule has 1 saturated heterocycles. The largest absolute Gasteiger partial charge is 0.381 e. The van der Waals surface area contributed by atoms with Gasteiger partial charge in [-0.1, -0.05) is 0 Å². The Bertz CT molecular complexity index is 604. The van der Waals surface area contributed by atoms with Crippen LogP contribution in [0.1, 0.15) is 12.8 Å². The average Bonchev–Trinajstić information content (AvgIpc) is 3.03. The van der Waals surface area contributed by atoms with Crippen molar-refractivity contribution in [3.8, 4) is 11.4 Å². The lowest BCUT2D eigenvalue weighted by atomic mass is 9.90. The van der Waals surface area contributed by atoms with Crippen LogP contribution in [-0.4, -0.2) is 45.3 Å². The fraction of sp³-hybridized carbons (Fsp3) is 0.385. The van der Waals surface area contributed by atoms with Crippen LogP contribution in [0, 0.1) is 0 Å². The molecule has 1 aromatic carbocycles. The van der Waals surface area contributed by atoms with Crippen LogP contribution in [0.15, 0.2) is 24.3 Å². The molecule has 1 aromatic heterocycles. The number of H-pyrrole nitrogens is 1. The van der Waals surface area contributed by atoms with E-state index in [2.05, 4.69) is 25.9 Å². The van der Waals surface area contributed by atoms with Gasteiger partial charge in [0.2, 0.25) is 11.7 Å². The molecule has 0 unspecified atom stereocenters. The van der Waals surface area contributed by atoms with Gasteiger partial charge in [0.05, 0.1) is 0 Å². The molecule has 8 nitrogen and oxygen atoms in total. The number of amides is 1. The highest BCUT2D eigenvalue weighted by molar-refractivity contribution is 5.98. The lowest BCUT2D eigenvalue weighted by Crippen LogP contribution is -2.54. The van der Waals surface area contributed by atoms with E-state index in [1.807, 2.05) is 12.1 Å². The number of nitrogens with two attached hydrogens (primary N) is 1. The van der Waals surface area contributed by atoms with Gasteiger partial charge in [-0.05, 0) is 42.3 Å². The summed E-state index contributed by atoms with van der Waals surface area (Å²) in [6.45, 7) is 1.03. The van der Waals surface area contributed by atoms with Crippen LogP contribution in [0.4, 0.5) is 5.69 Å². The van der Waals surface area contributed by atoms with Crippen LogP contribution in [0.5, 0.6) is 0 Å². The highest BCUT2D eigenvalue weighted by Crippen LogP contribution is 2.21. The quantitative estimate of drug-likeness (QED) is 0.748. The summed E-state index contributed by atoms with van der Waals surface area (Å²) in [5, 5.41) is 16.5. The highest BCUT2D eigenvalue weighted by atomic mass is 16.5. The fourth-order valence-electron chi connectivity index (χ4n) is 2.21. The minimum Gasteiger partial charge on any atom is -0.381 e. The summed E-state index contributed by atoms with van der Waals surface area (Å²) in [6.07, 6.45) is 1.06. The van der Waals surface area contributed by atoms with Gasteiger partial charge in [0, 0.05) is 24.5 Å². The van der Waals surface area contributed by atoms with Gasteiger partial charge in [-0.25, -0.2) is 0 Å². The van der Waals surface area contributed by atoms with E-state index in [9.17, 15) is 4.79 Å². The lowest BCUT2D eigenvalue weighted by Gasteiger charge is -2.31. The van der Waals surface area contributed by atoms with Gasteiger partial charge in [-0.3, -0.25) is 4.79 Å². The third-order valence-electron chi connectivity index (χ3n) is 3.58. The molecule has 2 aromatic rings. The molecular weight excluding hydrogens is 272 g/mol. The van der Waals surface area contributed by atoms with E-state index in [0.717, 1.165) is 5.56 Å². The predicted molar refractivity (Wildman–Crippen MR) is 75.2 cm³/mol. The number of hydrogen-bond donors (Lipinski definition) is 3. The number of carbonyl (C=O) groups excluding carboxylic acids is 1. The molecule has 0 radical (unpaired) electrons. The van der Waals surface area contributed by atoms with Crippen molar-refractivity contribution in [3.05, 3.63) is 24.3 Å². The molecule has 0 aliphatic carbocycles. The molecular formula is C13H16N6O2. The molecule has 1 aliphatic rings. The molecule has 0 spiro atoms. The first kappa shape index (κ1) is 13.7. The normalized spacial score (nSPS) is 17.4. The minimum absolute atomic E-state index is 0.182. The summed E-state index contributed by atoms with van der Waals surface area (Å²) in [6, 6.07) is 7.19. The minimum atomic E-state index is -0.857. The third kappa shape index (κ3) is 2.91. The number of ether oxygens (including phenoxy) is 1. The van der Waals surface area contributed by atoms with Gasteiger partial charge < -0.3 is 15.8 Å². The number of aromatic amines is 1. The summed E-state index contributed by atoms with van der Waals surface area (Å²) in [5.41, 5.74) is 6.78. The maximum Gasteiger partial charge on any atom is 0.244 e. The van der Waals surface area contributed by atoms with E-state index in [1.165, 1.54) is 0 Å². The van der Waals surface area contributed by atoms with Crippen molar-refractivity contribution in [2.24, 2.45) is 5.73 Å². The zero-order valence-electron chi connectivity index (χ0n) is 11.4. The maximum absolute atomic E-state index is 12.3. The smallest absolute Gasteiger partial charge is 0.244 e. The van der Waals surface area contributed by atoms with E-state index >= 15 is 0 Å². The number of anilines is 1. The predicted octanol–water partition coefficient (Wildman–Crippen LogP) is 0.313. The Morgan fingerprint density at radius 3 is 2.62 bits per heavy atom. The topological polar surface area (TPSA) is 119 Å². The Morgan fingerprint density at radius 2 is 2.00 bits per heavy atom. The first-order valence-corrected chi connectivity index (χ1v) is 6.69. The zero-order valence-corrected chi connectivity index (χ0v) is 11.4. The van der Waals surface area contributed by atoms with Crippen molar-refractivity contribution in [1.82, 2.24) is 20.6 Å². The number of rotatable bonds is 3. The zero-order chi connectivity index (χ0) is 14.7. The highest BCUT2D eigenvalue weighted by Gasteiger charge is 2.35. The number of benzene rings is 1. The summed E-state index contributed by atoms with van der Waals surface area (Å²) in [4.78, 5) is 12.3. The van der Waals surface area contributed by atoms with Crippen molar-refractivity contribution in [2.45, 2.75) is 18.4 Å². The van der Waals surface area contributed by atoms with E-state index in [1.54, 1.807) is 12.1 Å². The van der Waals surface area contributed by atoms with Crippen LogP contribution < -0.4 is 11.1 Å². The van der Waals surface area contributed by atoms with E-state index in [-0.39, 0.29) is 5.91 Å². The van der Waals surface area contributed by atoms with Crippen LogP contribution in [0.3, 0.4) is 0 Å². The number of aromatic nitrogens is 4. The van der Waals surface area contributed by atoms with Crippen molar-refractivity contribution >= 4 is 11.6 Å². The summed E-state index contributed by atoms with van der Waals surface area (Å²) in [5.74, 6) is 0.325. The van der Waals surface area contributed by atoms with Gasteiger partial charge in [-0.2, -0.15) is 5.21 Å². The van der Waals surface area contributed by atoms with E-state index in [0.29, 0.717) is 37.6 Å². The van der Waals surface area contributed by atoms with Crippen LogP contribution >= 0.6 is 0 Å². The van der Waals surface area contributed by atoms with Crippen LogP contribution in [0.2, 0.25) is 0 Å². The Morgan fingerprint density at radius 1 is 1.29 bits per heavy atom. The van der Waals surface area contributed by atoms with Crippen molar-refractivity contribution in [1.29, 1.82) is 0 Å². The van der Waals surface area contributed by atoms with E-state index in [4.69, 9.17) is 10.5 Å². The van der Waals surface area contributed by atoms with Gasteiger partial charge >= 0.3 is 0 Å². The van der Waals surface area contributed by atoms with E-state index < -0.39 is 5.54 Å². The Kier molecular flexibility index (Phi) is 3.63. The molecule has 0 bridgehead atoms. The fourth-order valence-corrected chi connectivity index (χ4v) is 2.21. The number of carbonyl (C=O) groups is 1. The monoisotopic (exact) mass is 288 g/mol. The Labute approximate surface area is 121 Å². The molecule has 0 atom stereocenters. The van der Waals surface area contributed by atoms with Crippen molar-refractivity contribution < 1.29 is 9.53 Å². The molecule has 8 heteroatoms. The molecule has 3 rings (SSSR count). The summed E-state index contributed by atoms with van der Waals surface area (Å²) < 4.78 is 5.24. The molecule has 1 fully saturated rings.